The molecule has 4 rings (SSSR count). The maximum Gasteiger partial charge on any atom is 0.180 e. The molecule has 0 radical (unpaired) electrons. The van der Waals surface area contributed by atoms with E-state index in [1.54, 1.807) is 0 Å². The van der Waals surface area contributed by atoms with Gasteiger partial charge in [-0.25, -0.2) is 0 Å². The quantitative estimate of drug-likeness (QED) is 0.849. The lowest BCUT2D eigenvalue weighted by molar-refractivity contribution is 0.0266. The third-order valence-electron chi connectivity index (χ3n) is 6.17. The molecule has 2 fully saturated rings. The Morgan fingerprint density at radius 1 is 1.38 bits per heavy atom. The van der Waals surface area contributed by atoms with Crippen LogP contribution in [0, 0.1) is 11.8 Å². The van der Waals surface area contributed by atoms with Crippen molar-refractivity contribution in [1.82, 2.24) is 4.90 Å². The number of fused-ring (bicyclic) bond motifs is 4. The molecule has 1 saturated heterocycles. The number of nitrogens with zero attached hydrogens (tertiary/aromatic N) is 1. The van der Waals surface area contributed by atoms with Gasteiger partial charge in [-0.15, -0.1) is 0 Å². The summed E-state index contributed by atoms with van der Waals surface area (Å²) in [6.07, 6.45) is 3.81. The monoisotopic (exact) mass is 284 g/mol. The Balaban J connectivity index is 1.79. The summed E-state index contributed by atoms with van der Waals surface area (Å²) in [7, 11) is 0. The number of carbonyl (C=O) groups is 1. The van der Waals surface area contributed by atoms with Gasteiger partial charge in [-0.2, -0.15) is 0 Å². The van der Waals surface area contributed by atoms with E-state index in [0.29, 0.717) is 11.7 Å². The van der Waals surface area contributed by atoms with E-state index >= 15 is 0 Å². The summed E-state index contributed by atoms with van der Waals surface area (Å²) >= 11 is 0. The molecule has 0 aromatic heterocycles. The number of hydrogen-bond donors (Lipinski definition) is 1. The van der Waals surface area contributed by atoms with E-state index in [0.717, 1.165) is 36.7 Å². The van der Waals surface area contributed by atoms with E-state index in [1.807, 2.05) is 18.2 Å². The summed E-state index contributed by atoms with van der Waals surface area (Å²) in [5.41, 5.74) is 8.93. The minimum absolute atomic E-state index is 0.0699. The molecule has 3 atom stereocenters. The molecule has 3 aliphatic rings. The van der Waals surface area contributed by atoms with Crippen molar-refractivity contribution in [2.75, 3.05) is 18.8 Å². The molecule has 2 aliphatic carbocycles. The highest BCUT2D eigenvalue weighted by Crippen LogP contribution is 2.49. The summed E-state index contributed by atoms with van der Waals surface area (Å²) in [6, 6.07) is 5.93. The first-order valence-electron chi connectivity index (χ1n) is 8.19. The molecule has 1 unspecified atom stereocenters. The predicted molar refractivity (Wildman–Crippen MR) is 84.4 cm³/mol. The Hall–Kier alpha value is -1.35. The summed E-state index contributed by atoms with van der Waals surface area (Å²) in [5.74, 6) is 1.52. The molecule has 1 aliphatic heterocycles. The molecular weight excluding hydrogens is 260 g/mol. The van der Waals surface area contributed by atoms with Crippen LogP contribution in [-0.2, 0) is 5.41 Å². The van der Waals surface area contributed by atoms with Gasteiger partial charge in [0, 0.05) is 17.8 Å². The number of nitrogens with two attached hydrogens (primary N) is 1. The second kappa shape index (κ2) is 4.33. The number of nitrogen functional groups attached to an aromatic ring is 1. The van der Waals surface area contributed by atoms with Gasteiger partial charge in [-0.3, -0.25) is 9.69 Å². The second-order valence-corrected chi connectivity index (χ2v) is 7.51. The van der Waals surface area contributed by atoms with Crippen molar-refractivity contribution in [3.8, 4) is 0 Å². The van der Waals surface area contributed by atoms with Crippen LogP contribution in [0.25, 0.3) is 0 Å². The number of carbonyl (C=O) groups excluding carboxylic acids is 1. The van der Waals surface area contributed by atoms with E-state index in [2.05, 4.69) is 18.7 Å². The van der Waals surface area contributed by atoms with Crippen molar-refractivity contribution in [3.63, 3.8) is 0 Å². The van der Waals surface area contributed by atoms with Gasteiger partial charge >= 0.3 is 0 Å². The maximum absolute atomic E-state index is 13.0. The van der Waals surface area contributed by atoms with Gasteiger partial charge in [0.05, 0.1) is 6.04 Å². The zero-order valence-electron chi connectivity index (χ0n) is 12.9. The first-order chi connectivity index (χ1) is 10.0. The molecule has 2 bridgehead atoms. The van der Waals surface area contributed by atoms with Gasteiger partial charge in [0.1, 0.15) is 0 Å². The van der Waals surface area contributed by atoms with Gasteiger partial charge in [-0.05, 0) is 66.8 Å². The van der Waals surface area contributed by atoms with Crippen LogP contribution in [0.1, 0.15) is 49.0 Å². The van der Waals surface area contributed by atoms with E-state index in [-0.39, 0.29) is 11.5 Å². The average Bonchev–Trinajstić information content (AvgIpc) is 3.25. The SMILES string of the molecule is C[C@H]1C2C(=O)c3ccc(N)cc3[C@]1(C)CCN2CC1CC1. The molecule has 3 nitrogen and oxygen atoms in total. The molecule has 1 aromatic rings. The van der Waals surface area contributed by atoms with Gasteiger partial charge in [-0.1, -0.05) is 13.8 Å². The largest absolute Gasteiger partial charge is 0.399 e. The van der Waals surface area contributed by atoms with Crippen LogP contribution in [-0.4, -0.2) is 29.8 Å². The molecule has 1 heterocycles. The fourth-order valence-corrected chi connectivity index (χ4v) is 4.43. The van der Waals surface area contributed by atoms with Crippen molar-refractivity contribution in [1.29, 1.82) is 0 Å². The van der Waals surface area contributed by atoms with Crippen molar-refractivity contribution in [2.24, 2.45) is 11.8 Å². The number of piperidine rings is 1. The van der Waals surface area contributed by atoms with Gasteiger partial charge in [0.2, 0.25) is 0 Å². The smallest absolute Gasteiger partial charge is 0.180 e. The van der Waals surface area contributed by atoms with Crippen LogP contribution in [0.2, 0.25) is 0 Å². The molecule has 0 spiro atoms. The number of hydrogen-bond acceptors (Lipinski definition) is 3. The van der Waals surface area contributed by atoms with Crippen LogP contribution >= 0.6 is 0 Å². The Labute approximate surface area is 126 Å². The number of benzene rings is 1. The number of ketones is 1. The molecule has 21 heavy (non-hydrogen) atoms. The van der Waals surface area contributed by atoms with Crippen LogP contribution < -0.4 is 5.73 Å². The van der Waals surface area contributed by atoms with Gasteiger partial charge < -0.3 is 5.73 Å². The van der Waals surface area contributed by atoms with E-state index in [1.165, 1.54) is 18.4 Å². The van der Waals surface area contributed by atoms with Gasteiger partial charge in [0.15, 0.2) is 5.78 Å². The fraction of sp³-hybridized carbons (Fsp3) is 0.611. The highest BCUT2D eigenvalue weighted by atomic mass is 16.1. The predicted octanol–water partition coefficient (Wildman–Crippen LogP) is 2.84. The molecule has 3 heteroatoms. The lowest BCUT2D eigenvalue weighted by atomic mass is 9.58. The lowest BCUT2D eigenvalue weighted by Gasteiger charge is -2.53. The van der Waals surface area contributed by atoms with Crippen LogP contribution in [0.15, 0.2) is 18.2 Å². The standard InChI is InChI=1S/C18H24N2O/c1-11-16-17(21)14-6-5-13(19)9-15(14)18(11,2)7-8-20(16)10-12-3-4-12/h5-6,9,11-12,16H,3-4,7-8,10,19H2,1-2H3/t11-,16?,18+/m0/s1. The Kier molecular flexibility index (Phi) is 2.74. The zero-order valence-corrected chi connectivity index (χ0v) is 12.9. The fourth-order valence-electron chi connectivity index (χ4n) is 4.43. The summed E-state index contributed by atoms with van der Waals surface area (Å²) < 4.78 is 0. The highest BCUT2D eigenvalue weighted by Gasteiger charge is 2.52. The number of anilines is 1. The summed E-state index contributed by atoms with van der Waals surface area (Å²) in [6.45, 7) is 6.74. The number of likely N-dealkylation sites (tertiary alicyclic amines) is 1. The van der Waals surface area contributed by atoms with E-state index < -0.39 is 0 Å². The second-order valence-electron chi connectivity index (χ2n) is 7.51. The average molecular weight is 284 g/mol. The minimum atomic E-state index is 0.0699. The van der Waals surface area contributed by atoms with E-state index in [9.17, 15) is 4.79 Å². The van der Waals surface area contributed by atoms with E-state index in [4.69, 9.17) is 5.73 Å². The normalized spacial score (nSPS) is 35.6. The van der Waals surface area contributed by atoms with Gasteiger partial charge in [0.25, 0.3) is 0 Å². The third kappa shape index (κ3) is 1.87. The molecular formula is C18H24N2O. The first kappa shape index (κ1) is 13.3. The number of rotatable bonds is 2. The first-order valence-corrected chi connectivity index (χ1v) is 8.19. The van der Waals surface area contributed by atoms with Crippen LogP contribution in [0.3, 0.4) is 0 Å². The van der Waals surface area contributed by atoms with Crippen molar-refractivity contribution >= 4 is 11.5 Å². The Morgan fingerprint density at radius 3 is 2.86 bits per heavy atom. The number of Topliss-reactive ketones (excluding diaryl/α,β-unsaturated/α-hetero) is 1. The highest BCUT2D eigenvalue weighted by molar-refractivity contribution is 6.04. The molecule has 0 amide bonds. The zero-order chi connectivity index (χ0) is 14.8. The third-order valence-corrected chi connectivity index (χ3v) is 6.17. The topological polar surface area (TPSA) is 46.3 Å². The van der Waals surface area contributed by atoms with Crippen LogP contribution in [0.5, 0.6) is 0 Å². The molecule has 112 valence electrons. The Bertz CT molecular complexity index is 607. The summed E-state index contributed by atoms with van der Waals surface area (Å²) in [4.78, 5) is 15.5. The lowest BCUT2D eigenvalue weighted by Crippen LogP contribution is -2.61. The molecule has 1 aromatic carbocycles. The minimum Gasteiger partial charge on any atom is -0.399 e. The van der Waals surface area contributed by atoms with Crippen LogP contribution in [0.4, 0.5) is 5.69 Å². The summed E-state index contributed by atoms with van der Waals surface area (Å²) in [5, 5.41) is 0. The maximum atomic E-state index is 13.0. The molecule has 1 saturated carbocycles. The van der Waals surface area contributed by atoms with Crippen molar-refractivity contribution in [2.45, 2.75) is 44.6 Å². The van der Waals surface area contributed by atoms with Crippen molar-refractivity contribution in [3.05, 3.63) is 29.3 Å². The van der Waals surface area contributed by atoms with Crippen molar-refractivity contribution < 1.29 is 4.79 Å². The Morgan fingerprint density at radius 2 is 2.14 bits per heavy atom. The molecule has 2 N–H and O–H groups in total.